The van der Waals surface area contributed by atoms with E-state index in [4.69, 9.17) is 16.6 Å². The highest BCUT2D eigenvalue weighted by Crippen LogP contribution is 2.38. The van der Waals surface area contributed by atoms with Crippen molar-refractivity contribution in [3.63, 3.8) is 0 Å². The standard InChI is InChI=1S/C29H31ClN4O4S/c1-33(28(38)20(14-27(36)37)13-18-5-2-3-6-18)29-32-24(17-39-29)23-15-21(30)9-10-22(23)19-8-11-25(31-16-19)34-12-4-7-26(34)35/h8-11,15-18,20H,2-7,12-14H2,1H3,(H,36,37)/t20-/m1/s1. The van der Waals surface area contributed by atoms with E-state index < -0.39 is 11.9 Å². The molecule has 2 aliphatic rings. The van der Waals surface area contributed by atoms with Gasteiger partial charge in [0.2, 0.25) is 11.8 Å². The van der Waals surface area contributed by atoms with Crippen LogP contribution in [0.1, 0.15) is 51.4 Å². The molecule has 204 valence electrons. The van der Waals surface area contributed by atoms with Gasteiger partial charge in [0.05, 0.1) is 12.1 Å². The van der Waals surface area contributed by atoms with Gasteiger partial charge in [-0.3, -0.25) is 24.2 Å². The molecule has 1 N–H and O–H groups in total. The van der Waals surface area contributed by atoms with E-state index in [0.717, 1.165) is 48.8 Å². The number of benzene rings is 1. The van der Waals surface area contributed by atoms with Crippen LogP contribution in [0.3, 0.4) is 0 Å². The van der Waals surface area contributed by atoms with Crippen molar-refractivity contribution in [3.05, 3.63) is 46.9 Å². The van der Waals surface area contributed by atoms with E-state index in [2.05, 4.69) is 4.98 Å². The van der Waals surface area contributed by atoms with Gasteiger partial charge in [-0.25, -0.2) is 9.97 Å². The number of carboxylic acid groups (broad SMARTS) is 1. The first-order chi connectivity index (χ1) is 18.8. The third kappa shape index (κ3) is 6.15. The summed E-state index contributed by atoms with van der Waals surface area (Å²) in [4.78, 5) is 49.5. The van der Waals surface area contributed by atoms with Crippen molar-refractivity contribution in [2.24, 2.45) is 11.8 Å². The average molecular weight is 567 g/mol. The first-order valence-corrected chi connectivity index (χ1v) is 14.6. The molecule has 0 bridgehead atoms. The molecule has 2 amide bonds. The van der Waals surface area contributed by atoms with Gasteiger partial charge in [0.25, 0.3) is 0 Å². The number of nitrogens with zero attached hydrogens (tertiary/aromatic N) is 4. The molecule has 10 heteroatoms. The maximum absolute atomic E-state index is 13.4. The largest absolute Gasteiger partial charge is 0.481 e. The lowest BCUT2D eigenvalue weighted by molar-refractivity contribution is -0.140. The zero-order valence-electron chi connectivity index (χ0n) is 21.8. The van der Waals surface area contributed by atoms with Crippen molar-refractivity contribution in [1.29, 1.82) is 0 Å². The Balaban J connectivity index is 1.39. The molecule has 1 aromatic carbocycles. The number of carbonyl (C=O) groups is 3. The summed E-state index contributed by atoms with van der Waals surface area (Å²) in [5, 5.41) is 12.4. The predicted octanol–water partition coefficient (Wildman–Crippen LogP) is 6.29. The van der Waals surface area contributed by atoms with Gasteiger partial charge in [-0.1, -0.05) is 43.4 Å². The number of aromatic nitrogens is 2. The number of aliphatic carboxylic acids is 1. The highest BCUT2D eigenvalue weighted by molar-refractivity contribution is 7.14. The Labute approximate surface area is 236 Å². The number of carboxylic acids is 1. The van der Waals surface area contributed by atoms with E-state index in [0.29, 0.717) is 47.0 Å². The van der Waals surface area contributed by atoms with E-state index in [-0.39, 0.29) is 18.2 Å². The minimum Gasteiger partial charge on any atom is -0.481 e. The van der Waals surface area contributed by atoms with Crippen LogP contribution in [0.5, 0.6) is 0 Å². The second kappa shape index (κ2) is 11.8. The van der Waals surface area contributed by atoms with Crippen LogP contribution in [-0.2, 0) is 14.4 Å². The number of anilines is 2. The van der Waals surface area contributed by atoms with E-state index in [1.165, 1.54) is 16.2 Å². The first-order valence-electron chi connectivity index (χ1n) is 13.3. The van der Waals surface area contributed by atoms with E-state index in [1.807, 2.05) is 29.6 Å². The Hall–Kier alpha value is -3.30. The molecule has 0 spiro atoms. The lowest BCUT2D eigenvalue weighted by atomic mass is 9.90. The fourth-order valence-corrected chi connectivity index (χ4v) is 6.58. The fraction of sp³-hybridized carbons (Fsp3) is 0.414. The van der Waals surface area contributed by atoms with Crippen molar-refractivity contribution in [1.82, 2.24) is 9.97 Å². The smallest absolute Gasteiger partial charge is 0.304 e. The highest BCUT2D eigenvalue weighted by atomic mass is 35.5. The number of halogens is 1. The summed E-state index contributed by atoms with van der Waals surface area (Å²) in [7, 11) is 1.66. The lowest BCUT2D eigenvalue weighted by Gasteiger charge is -2.23. The highest BCUT2D eigenvalue weighted by Gasteiger charge is 2.31. The zero-order chi connectivity index (χ0) is 27.5. The SMILES string of the molecule is CN(C(=O)[C@@H](CC(=O)O)CC1CCCC1)c1nc(-c2cc(Cl)ccc2-c2ccc(N3CCCC3=O)nc2)cs1. The quantitative estimate of drug-likeness (QED) is 0.326. The van der Waals surface area contributed by atoms with Crippen molar-refractivity contribution < 1.29 is 19.5 Å². The molecule has 0 unspecified atom stereocenters. The van der Waals surface area contributed by atoms with Crippen LogP contribution in [0.25, 0.3) is 22.4 Å². The van der Waals surface area contributed by atoms with Gasteiger partial charge in [0.1, 0.15) is 5.82 Å². The molecular formula is C29H31ClN4O4S. The normalized spacial score (nSPS) is 16.6. The van der Waals surface area contributed by atoms with Crippen molar-refractivity contribution >= 4 is 51.7 Å². The van der Waals surface area contributed by atoms with Gasteiger partial charge in [-0.15, -0.1) is 11.3 Å². The van der Waals surface area contributed by atoms with Crippen molar-refractivity contribution in [2.45, 2.75) is 51.4 Å². The second-order valence-corrected chi connectivity index (χ2v) is 11.6. The van der Waals surface area contributed by atoms with Crippen molar-refractivity contribution in [2.75, 3.05) is 23.4 Å². The number of pyridine rings is 1. The van der Waals surface area contributed by atoms with Gasteiger partial charge in [0, 0.05) is 53.7 Å². The van der Waals surface area contributed by atoms with E-state index in [1.54, 1.807) is 24.2 Å². The second-order valence-electron chi connectivity index (χ2n) is 10.3. The molecule has 39 heavy (non-hydrogen) atoms. The Kier molecular flexibility index (Phi) is 8.28. The molecule has 0 radical (unpaired) electrons. The van der Waals surface area contributed by atoms with Crippen LogP contribution in [0.2, 0.25) is 5.02 Å². The number of thiazole rings is 1. The summed E-state index contributed by atoms with van der Waals surface area (Å²) in [5.74, 6) is -0.621. The summed E-state index contributed by atoms with van der Waals surface area (Å²) in [6.07, 6.45) is 7.93. The van der Waals surface area contributed by atoms with Crippen LogP contribution < -0.4 is 9.80 Å². The topological polar surface area (TPSA) is 104 Å². The van der Waals surface area contributed by atoms with Crippen LogP contribution in [0.15, 0.2) is 41.9 Å². The number of amides is 2. The number of hydrogen-bond acceptors (Lipinski definition) is 6. The molecule has 3 heterocycles. The fourth-order valence-electron chi connectivity index (χ4n) is 5.62. The minimum absolute atomic E-state index is 0.0879. The third-order valence-corrected chi connectivity index (χ3v) is 8.79. The van der Waals surface area contributed by atoms with Crippen LogP contribution in [0.4, 0.5) is 10.9 Å². The van der Waals surface area contributed by atoms with Gasteiger partial charge in [-0.2, -0.15) is 0 Å². The summed E-state index contributed by atoms with van der Waals surface area (Å²) < 4.78 is 0. The molecule has 1 aliphatic heterocycles. The predicted molar refractivity (Wildman–Crippen MR) is 153 cm³/mol. The van der Waals surface area contributed by atoms with Gasteiger partial charge >= 0.3 is 5.97 Å². The zero-order valence-corrected chi connectivity index (χ0v) is 23.4. The third-order valence-electron chi connectivity index (χ3n) is 7.64. The first kappa shape index (κ1) is 27.3. The molecule has 1 saturated heterocycles. The molecular weight excluding hydrogens is 536 g/mol. The summed E-state index contributed by atoms with van der Waals surface area (Å²) in [6, 6.07) is 9.34. The Morgan fingerprint density at radius 3 is 2.64 bits per heavy atom. The molecule has 1 aliphatic carbocycles. The minimum atomic E-state index is -0.961. The van der Waals surface area contributed by atoms with Crippen LogP contribution in [0, 0.1) is 11.8 Å². The van der Waals surface area contributed by atoms with E-state index >= 15 is 0 Å². The summed E-state index contributed by atoms with van der Waals surface area (Å²) in [5.41, 5.74) is 3.19. The van der Waals surface area contributed by atoms with Gasteiger partial charge in [-0.05, 0) is 48.6 Å². The molecule has 8 nitrogen and oxygen atoms in total. The van der Waals surface area contributed by atoms with Gasteiger partial charge < -0.3 is 5.11 Å². The summed E-state index contributed by atoms with van der Waals surface area (Å²) in [6.45, 7) is 0.680. The molecule has 2 fully saturated rings. The maximum Gasteiger partial charge on any atom is 0.304 e. The summed E-state index contributed by atoms with van der Waals surface area (Å²) >= 11 is 7.70. The van der Waals surface area contributed by atoms with Crippen molar-refractivity contribution in [3.8, 4) is 22.4 Å². The lowest BCUT2D eigenvalue weighted by Crippen LogP contribution is -2.35. The molecule has 5 rings (SSSR count). The number of rotatable bonds is 9. The number of hydrogen-bond donors (Lipinski definition) is 1. The molecule has 1 atom stereocenters. The molecule has 1 saturated carbocycles. The number of carbonyl (C=O) groups excluding carboxylic acids is 2. The Morgan fingerprint density at radius 1 is 1.18 bits per heavy atom. The van der Waals surface area contributed by atoms with Gasteiger partial charge in [0.15, 0.2) is 5.13 Å². The average Bonchev–Trinajstić information content (AvgIpc) is 3.70. The van der Waals surface area contributed by atoms with Crippen LogP contribution in [-0.4, -0.2) is 46.5 Å². The maximum atomic E-state index is 13.4. The Morgan fingerprint density at radius 2 is 1.97 bits per heavy atom. The Bertz CT molecular complexity index is 1370. The molecule has 3 aromatic rings. The molecule has 2 aromatic heterocycles. The van der Waals surface area contributed by atoms with E-state index in [9.17, 15) is 19.5 Å². The van der Waals surface area contributed by atoms with Crippen LogP contribution >= 0.6 is 22.9 Å². The monoisotopic (exact) mass is 566 g/mol.